The van der Waals surface area contributed by atoms with Gasteiger partial charge in [-0.1, -0.05) is 11.3 Å². The van der Waals surface area contributed by atoms with Crippen molar-refractivity contribution in [2.24, 2.45) is 0 Å². The standard InChI is InChI=1S/C6H10N2O2S/c1-4-7-8-6(11-4)3-10-5(2)9/h5,9H,3H2,1-2H3. The van der Waals surface area contributed by atoms with Gasteiger partial charge in [0.15, 0.2) is 6.29 Å². The topological polar surface area (TPSA) is 55.2 Å². The first-order valence-corrected chi connectivity index (χ1v) is 4.09. The Bertz CT molecular complexity index is 224. The molecular formula is C6H10N2O2S. The van der Waals surface area contributed by atoms with E-state index in [1.807, 2.05) is 6.92 Å². The van der Waals surface area contributed by atoms with E-state index in [4.69, 9.17) is 9.84 Å². The van der Waals surface area contributed by atoms with Gasteiger partial charge in [0, 0.05) is 0 Å². The highest BCUT2D eigenvalue weighted by Gasteiger charge is 2.01. The van der Waals surface area contributed by atoms with Gasteiger partial charge in [-0.3, -0.25) is 0 Å². The summed E-state index contributed by atoms with van der Waals surface area (Å²) < 4.78 is 4.90. The molecule has 0 saturated heterocycles. The van der Waals surface area contributed by atoms with Crippen molar-refractivity contribution >= 4 is 11.3 Å². The predicted molar refractivity (Wildman–Crippen MR) is 41.1 cm³/mol. The highest BCUT2D eigenvalue weighted by atomic mass is 32.1. The number of hydrogen-bond donors (Lipinski definition) is 1. The van der Waals surface area contributed by atoms with Crippen LogP contribution in [0.2, 0.25) is 0 Å². The summed E-state index contributed by atoms with van der Waals surface area (Å²) in [6, 6.07) is 0. The molecule has 1 N–H and O–H groups in total. The lowest BCUT2D eigenvalue weighted by atomic mass is 10.7. The van der Waals surface area contributed by atoms with Gasteiger partial charge in [0.05, 0.1) is 0 Å². The molecule has 0 fully saturated rings. The third-order valence-electron chi connectivity index (χ3n) is 1.02. The summed E-state index contributed by atoms with van der Waals surface area (Å²) in [5.41, 5.74) is 0. The molecule has 0 aliphatic heterocycles. The minimum Gasteiger partial charge on any atom is -0.368 e. The van der Waals surface area contributed by atoms with Gasteiger partial charge in [0.1, 0.15) is 16.6 Å². The first-order valence-electron chi connectivity index (χ1n) is 3.27. The Labute approximate surface area is 68.8 Å². The van der Waals surface area contributed by atoms with Crippen molar-refractivity contribution < 1.29 is 9.84 Å². The van der Waals surface area contributed by atoms with Gasteiger partial charge in [0.2, 0.25) is 0 Å². The van der Waals surface area contributed by atoms with Crippen LogP contribution in [0.1, 0.15) is 16.9 Å². The highest BCUT2D eigenvalue weighted by Crippen LogP contribution is 2.09. The summed E-state index contributed by atoms with van der Waals surface area (Å²) in [5.74, 6) is 0. The van der Waals surface area contributed by atoms with E-state index in [2.05, 4.69) is 10.2 Å². The summed E-state index contributed by atoms with van der Waals surface area (Å²) in [5, 5.41) is 18.1. The zero-order valence-electron chi connectivity index (χ0n) is 6.44. The Morgan fingerprint density at radius 2 is 2.36 bits per heavy atom. The first kappa shape index (κ1) is 8.58. The van der Waals surface area contributed by atoms with E-state index in [9.17, 15) is 0 Å². The van der Waals surface area contributed by atoms with Gasteiger partial charge in [-0.05, 0) is 13.8 Å². The molecule has 0 spiro atoms. The molecule has 0 bridgehead atoms. The van der Waals surface area contributed by atoms with Gasteiger partial charge in [-0.25, -0.2) is 0 Å². The van der Waals surface area contributed by atoms with Crippen molar-refractivity contribution in [3.05, 3.63) is 10.0 Å². The van der Waals surface area contributed by atoms with Crippen LogP contribution in [-0.4, -0.2) is 21.6 Å². The average Bonchev–Trinajstić information content (AvgIpc) is 2.31. The van der Waals surface area contributed by atoms with Crippen molar-refractivity contribution in [2.75, 3.05) is 0 Å². The molecule has 1 rings (SSSR count). The molecule has 1 aromatic rings. The van der Waals surface area contributed by atoms with E-state index >= 15 is 0 Å². The lowest BCUT2D eigenvalue weighted by molar-refractivity contribution is -0.0940. The monoisotopic (exact) mass is 174 g/mol. The molecule has 1 heterocycles. The Morgan fingerprint density at radius 1 is 1.64 bits per heavy atom. The number of hydrogen-bond acceptors (Lipinski definition) is 5. The first-order chi connectivity index (χ1) is 5.18. The highest BCUT2D eigenvalue weighted by molar-refractivity contribution is 7.11. The molecule has 0 aromatic carbocycles. The minimum absolute atomic E-state index is 0.336. The molecular weight excluding hydrogens is 164 g/mol. The van der Waals surface area contributed by atoms with Crippen molar-refractivity contribution in [3.63, 3.8) is 0 Å². The molecule has 4 nitrogen and oxygen atoms in total. The van der Waals surface area contributed by atoms with Crippen LogP contribution < -0.4 is 0 Å². The maximum absolute atomic E-state index is 8.75. The average molecular weight is 174 g/mol. The smallest absolute Gasteiger partial charge is 0.152 e. The fraction of sp³-hybridized carbons (Fsp3) is 0.667. The summed E-state index contributed by atoms with van der Waals surface area (Å²) in [6.07, 6.45) is -0.737. The van der Waals surface area contributed by atoms with E-state index in [-0.39, 0.29) is 0 Å². The van der Waals surface area contributed by atoms with Gasteiger partial charge in [-0.2, -0.15) is 0 Å². The lowest BCUT2D eigenvalue weighted by Gasteiger charge is -2.01. The van der Waals surface area contributed by atoms with Gasteiger partial charge in [-0.15, -0.1) is 10.2 Å². The Morgan fingerprint density at radius 3 is 2.82 bits per heavy atom. The molecule has 0 amide bonds. The van der Waals surface area contributed by atoms with Crippen molar-refractivity contribution in [1.82, 2.24) is 10.2 Å². The van der Waals surface area contributed by atoms with Gasteiger partial charge in [0.25, 0.3) is 0 Å². The van der Waals surface area contributed by atoms with Crippen molar-refractivity contribution in [2.45, 2.75) is 26.7 Å². The fourth-order valence-electron chi connectivity index (χ4n) is 0.588. The van der Waals surface area contributed by atoms with Crippen LogP contribution in [0.15, 0.2) is 0 Å². The fourth-order valence-corrected chi connectivity index (χ4v) is 1.22. The van der Waals surface area contributed by atoms with Crippen LogP contribution in [-0.2, 0) is 11.3 Å². The number of aryl methyl sites for hydroxylation is 1. The van der Waals surface area contributed by atoms with Gasteiger partial charge >= 0.3 is 0 Å². The molecule has 1 atom stereocenters. The predicted octanol–water partition coefficient (Wildman–Crippen LogP) is 0.701. The summed E-state index contributed by atoms with van der Waals surface area (Å²) in [7, 11) is 0. The maximum Gasteiger partial charge on any atom is 0.152 e. The van der Waals surface area contributed by atoms with E-state index in [1.54, 1.807) is 6.92 Å². The molecule has 1 unspecified atom stereocenters. The van der Waals surface area contributed by atoms with Crippen LogP contribution in [0.4, 0.5) is 0 Å². The zero-order valence-corrected chi connectivity index (χ0v) is 7.26. The van der Waals surface area contributed by atoms with Crippen LogP contribution >= 0.6 is 11.3 Å². The molecule has 11 heavy (non-hydrogen) atoms. The number of aromatic nitrogens is 2. The second kappa shape index (κ2) is 3.75. The third-order valence-corrected chi connectivity index (χ3v) is 1.83. The maximum atomic E-state index is 8.75. The summed E-state index contributed by atoms with van der Waals surface area (Å²) >= 11 is 1.47. The largest absolute Gasteiger partial charge is 0.368 e. The quantitative estimate of drug-likeness (QED) is 0.685. The Hall–Kier alpha value is -0.520. The number of ether oxygens (including phenoxy) is 1. The molecule has 1 aromatic heterocycles. The van der Waals surface area contributed by atoms with Crippen LogP contribution in [0.5, 0.6) is 0 Å². The molecule has 0 aliphatic rings. The number of aliphatic hydroxyl groups excluding tert-OH is 1. The number of rotatable bonds is 3. The summed E-state index contributed by atoms with van der Waals surface area (Å²) in [6.45, 7) is 3.78. The zero-order chi connectivity index (χ0) is 8.27. The molecule has 5 heteroatoms. The van der Waals surface area contributed by atoms with E-state index < -0.39 is 6.29 Å². The number of nitrogens with zero attached hydrogens (tertiary/aromatic N) is 2. The summed E-state index contributed by atoms with van der Waals surface area (Å²) in [4.78, 5) is 0. The molecule has 0 saturated carbocycles. The van der Waals surface area contributed by atoms with Crippen LogP contribution in [0, 0.1) is 6.92 Å². The van der Waals surface area contributed by atoms with E-state index in [1.165, 1.54) is 11.3 Å². The van der Waals surface area contributed by atoms with E-state index in [0.717, 1.165) is 10.0 Å². The SMILES string of the molecule is Cc1nnc(COC(C)O)s1. The normalized spacial score (nSPS) is 13.4. The Balaban J connectivity index is 2.39. The van der Waals surface area contributed by atoms with Crippen LogP contribution in [0.25, 0.3) is 0 Å². The van der Waals surface area contributed by atoms with Crippen molar-refractivity contribution in [3.8, 4) is 0 Å². The van der Waals surface area contributed by atoms with Gasteiger partial charge < -0.3 is 9.84 Å². The second-order valence-electron chi connectivity index (χ2n) is 2.13. The lowest BCUT2D eigenvalue weighted by Crippen LogP contribution is -2.05. The van der Waals surface area contributed by atoms with E-state index in [0.29, 0.717) is 6.61 Å². The van der Waals surface area contributed by atoms with Crippen LogP contribution in [0.3, 0.4) is 0 Å². The molecule has 0 aliphatic carbocycles. The van der Waals surface area contributed by atoms with Crippen molar-refractivity contribution in [1.29, 1.82) is 0 Å². The Kier molecular flexibility index (Phi) is 2.92. The third kappa shape index (κ3) is 2.92. The second-order valence-corrected chi connectivity index (χ2v) is 3.39. The minimum atomic E-state index is -0.737. The molecule has 0 radical (unpaired) electrons. The molecule has 62 valence electrons. The number of aliphatic hydroxyl groups is 1.